The summed E-state index contributed by atoms with van der Waals surface area (Å²) >= 11 is 0. The largest absolute Gasteiger partial charge is 0.419 e. The number of hydrogen-bond donors (Lipinski definition) is 1. The summed E-state index contributed by atoms with van der Waals surface area (Å²) in [4.78, 5) is 15.5. The molecule has 0 radical (unpaired) electrons. The highest BCUT2D eigenvalue weighted by molar-refractivity contribution is 5.94. The van der Waals surface area contributed by atoms with Crippen molar-refractivity contribution in [2.75, 3.05) is 6.54 Å². The van der Waals surface area contributed by atoms with Crippen molar-refractivity contribution < 1.29 is 22.4 Å². The van der Waals surface area contributed by atoms with Gasteiger partial charge in [-0.25, -0.2) is 9.37 Å². The van der Waals surface area contributed by atoms with Crippen molar-refractivity contribution >= 4 is 5.91 Å². The van der Waals surface area contributed by atoms with E-state index >= 15 is 0 Å². The SMILES string of the molecule is O=C(NCCn1ccnc1)c1cccc(C(F)(F)F)c1F. The Hall–Kier alpha value is -2.38. The molecule has 0 atom stereocenters. The van der Waals surface area contributed by atoms with E-state index < -0.39 is 29.0 Å². The third kappa shape index (κ3) is 3.59. The summed E-state index contributed by atoms with van der Waals surface area (Å²) in [5, 5.41) is 2.36. The van der Waals surface area contributed by atoms with E-state index in [1.54, 1.807) is 17.0 Å². The number of carbonyl (C=O) groups is 1. The standard InChI is InChI=1S/C13H11F4N3O/c14-11-9(2-1-3-10(11)13(15,16)17)12(21)19-5-7-20-6-4-18-8-20/h1-4,6,8H,5,7H2,(H,19,21). The number of imidazole rings is 1. The van der Waals surface area contributed by atoms with Gasteiger partial charge in [-0.3, -0.25) is 4.79 Å². The second-order valence-electron chi connectivity index (χ2n) is 4.22. The van der Waals surface area contributed by atoms with Gasteiger partial charge in [0.1, 0.15) is 5.82 Å². The topological polar surface area (TPSA) is 46.9 Å². The van der Waals surface area contributed by atoms with Gasteiger partial charge in [0, 0.05) is 25.5 Å². The molecule has 112 valence electrons. The molecule has 0 aliphatic carbocycles. The van der Waals surface area contributed by atoms with Gasteiger partial charge in [-0.1, -0.05) is 6.07 Å². The maximum atomic E-state index is 13.7. The molecule has 0 aliphatic heterocycles. The second-order valence-corrected chi connectivity index (χ2v) is 4.22. The first kappa shape index (κ1) is 15.0. The predicted molar refractivity (Wildman–Crippen MR) is 66.0 cm³/mol. The van der Waals surface area contributed by atoms with Gasteiger partial charge in [0.2, 0.25) is 0 Å². The Balaban J connectivity index is 2.05. The van der Waals surface area contributed by atoms with Crippen LogP contribution in [0.4, 0.5) is 17.6 Å². The van der Waals surface area contributed by atoms with E-state index in [0.29, 0.717) is 12.6 Å². The first-order chi connectivity index (χ1) is 9.89. The molecular weight excluding hydrogens is 290 g/mol. The molecular formula is C13H11F4N3O. The van der Waals surface area contributed by atoms with E-state index in [2.05, 4.69) is 10.3 Å². The molecule has 0 bridgehead atoms. The number of nitrogens with zero attached hydrogens (tertiary/aromatic N) is 2. The van der Waals surface area contributed by atoms with Crippen molar-refractivity contribution in [1.29, 1.82) is 0 Å². The van der Waals surface area contributed by atoms with Crippen LogP contribution in [0.15, 0.2) is 36.9 Å². The zero-order chi connectivity index (χ0) is 15.5. The molecule has 1 amide bonds. The van der Waals surface area contributed by atoms with Gasteiger partial charge >= 0.3 is 6.18 Å². The molecule has 1 N–H and O–H groups in total. The minimum Gasteiger partial charge on any atom is -0.350 e. The van der Waals surface area contributed by atoms with Crippen LogP contribution in [0.25, 0.3) is 0 Å². The van der Waals surface area contributed by atoms with Crippen LogP contribution < -0.4 is 5.32 Å². The smallest absolute Gasteiger partial charge is 0.350 e. The molecule has 21 heavy (non-hydrogen) atoms. The number of nitrogens with one attached hydrogen (secondary N) is 1. The highest BCUT2D eigenvalue weighted by atomic mass is 19.4. The molecule has 0 saturated carbocycles. The van der Waals surface area contributed by atoms with Gasteiger partial charge < -0.3 is 9.88 Å². The molecule has 8 heteroatoms. The number of aromatic nitrogens is 2. The van der Waals surface area contributed by atoms with Crippen molar-refractivity contribution in [1.82, 2.24) is 14.9 Å². The molecule has 4 nitrogen and oxygen atoms in total. The number of amides is 1. The number of rotatable bonds is 4. The summed E-state index contributed by atoms with van der Waals surface area (Å²) in [6, 6.07) is 2.60. The van der Waals surface area contributed by atoms with E-state index in [0.717, 1.165) is 12.1 Å². The second kappa shape index (κ2) is 5.94. The average molecular weight is 301 g/mol. The van der Waals surface area contributed by atoms with E-state index in [9.17, 15) is 22.4 Å². The molecule has 1 heterocycles. The first-order valence-corrected chi connectivity index (χ1v) is 5.99. The van der Waals surface area contributed by atoms with Crippen molar-refractivity contribution in [2.45, 2.75) is 12.7 Å². The van der Waals surface area contributed by atoms with Crippen LogP contribution in [-0.4, -0.2) is 22.0 Å². The van der Waals surface area contributed by atoms with Crippen LogP contribution in [0.3, 0.4) is 0 Å². The van der Waals surface area contributed by atoms with Crippen molar-refractivity contribution in [2.24, 2.45) is 0 Å². The summed E-state index contributed by atoms with van der Waals surface area (Å²) in [7, 11) is 0. The predicted octanol–water partition coefficient (Wildman–Crippen LogP) is 2.47. The molecule has 1 aromatic heterocycles. The molecule has 0 aliphatic rings. The minimum atomic E-state index is -4.84. The Morgan fingerprint density at radius 2 is 2.10 bits per heavy atom. The molecule has 1 aromatic carbocycles. The third-order valence-corrected chi connectivity index (χ3v) is 2.76. The Kier molecular flexibility index (Phi) is 4.25. The maximum Gasteiger partial charge on any atom is 0.419 e. The Bertz CT molecular complexity index is 623. The molecule has 0 spiro atoms. The van der Waals surface area contributed by atoms with E-state index in [1.165, 1.54) is 6.33 Å². The van der Waals surface area contributed by atoms with E-state index in [4.69, 9.17) is 0 Å². The van der Waals surface area contributed by atoms with Crippen LogP contribution in [0.5, 0.6) is 0 Å². The first-order valence-electron chi connectivity index (χ1n) is 5.99. The summed E-state index contributed by atoms with van der Waals surface area (Å²) in [5.41, 5.74) is -2.08. The fourth-order valence-corrected chi connectivity index (χ4v) is 1.74. The zero-order valence-corrected chi connectivity index (χ0v) is 10.7. The quantitative estimate of drug-likeness (QED) is 0.882. The highest BCUT2D eigenvalue weighted by Gasteiger charge is 2.35. The normalized spacial score (nSPS) is 11.4. The summed E-state index contributed by atoms with van der Waals surface area (Å²) in [5.74, 6) is -2.45. The van der Waals surface area contributed by atoms with E-state index in [-0.39, 0.29) is 6.54 Å². The van der Waals surface area contributed by atoms with Crippen LogP contribution in [0.1, 0.15) is 15.9 Å². The molecule has 0 saturated heterocycles. The maximum absolute atomic E-state index is 13.7. The Morgan fingerprint density at radius 3 is 2.71 bits per heavy atom. The number of carbonyl (C=O) groups excluding carboxylic acids is 1. The lowest BCUT2D eigenvalue weighted by molar-refractivity contribution is -0.140. The van der Waals surface area contributed by atoms with Crippen LogP contribution in [0, 0.1) is 5.82 Å². The van der Waals surface area contributed by atoms with Gasteiger partial charge in [-0.2, -0.15) is 13.2 Å². The van der Waals surface area contributed by atoms with Crippen molar-refractivity contribution in [3.63, 3.8) is 0 Å². The van der Waals surface area contributed by atoms with Crippen molar-refractivity contribution in [3.05, 3.63) is 53.9 Å². The summed E-state index contributed by atoms with van der Waals surface area (Å²) < 4.78 is 53.0. The lowest BCUT2D eigenvalue weighted by Gasteiger charge is -2.11. The van der Waals surface area contributed by atoms with Gasteiger partial charge in [0.15, 0.2) is 0 Å². The fourth-order valence-electron chi connectivity index (χ4n) is 1.74. The van der Waals surface area contributed by atoms with Gasteiger partial charge in [0.05, 0.1) is 17.5 Å². The minimum absolute atomic E-state index is 0.144. The molecule has 2 aromatic rings. The monoisotopic (exact) mass is 301 g/mol. The van der Waals surface area contributed by atoms with Crippen LogP contribution in [-0.2, 0) is 12.7 Å². The molecule has 0 unspecified atom stereocenters. The van der Waals surface area contributed by atoms with Crippen LogP contribution >= 0.6 is 0 Å². The molecule has 0 fully saturated rings. The average Bonchev–Trinajstić information content (AvgIpc) is 2.90. The lowest BCUT2D eigenvalue weighted by Crippen LogP contribution is -2.28. The summed E-state index contributed by atoms with van der Waals surface area (Å²) in [6.45, 7) is 0.525. The van der Waals surface area contributed by atoms with Gasteiger partial charge in [0.25, 0.3) is 5.91 Å². The van der Waals surface area contributed by atoms with E-state index in [1.807, 2.05) is 0 Å². The fraction of sp³-hybridized carbons (Fsp3) is 0.231. The Labute approximate surface area is 117 Å². The third-order valence-electron chi connectivity index (χ3n) is 2.76. The number of benzene rings is 1. The number of hydrogen-bond acceptors (Lipinski definition) is 2. The van der Waals surface area contributed by atoms with Crippen molar-refractivity contribution in [3.8, 4) is 0 Å². The molecule has 2 rings (SSSR count). The lowest BCUT2D eigenvalue weighted by atomic mass is 10.1. The number of alkyl halides is 3. The van der Waals surface area contributed by atoms with Crippen LogP contribution in [0.2, 0.25) is 0 Å². The number of halogens is 4. The highest BCUT2D eigenvalue weighted by Crippen LogP contribution is 2.32. The zero-order valence-electron chi connectivity index (χ0n) is 10.7. The Morgan fingerprint density at radius 1 is 1.33 bits per heavy atom. The van der Waals surface area contributed by atoms with Gasteiger partial charge in [-0.15, -0.1) is 0 Å². The summed E-state index contributed by atoms with van der Waals surface area (Å²) in [6.07, 6.45) is -0.0977. The van der Waals surface area contributed by atoms with Gasteiger partial charge in [-0.05, 0) is 12.1 Å².